The summed E-state index contributed by atoms with van der Waals surface area (Å²) in [5.41, 5.74) is -0.00127. The fraction of sp³-hybridized carbons (Fsp3) is 0.281. The van der Waals surface area contributed by atoms with Gasteiger partial charge in [-0.2, -0.15) is 4.39 Å². The Hall–Kier alpha value is -5.26. The van der Waals surface area contributed by atoms with Gasteiger partial charge < -0.3 is 18.8 Å². The van der Waals surface area contributed by atoms with Gasteiger partial charge in [0.15, 0.2) is 5.75 Å². The van der Waals surface area contributed by atoms with Crippen LogP contribution in [0.5, 0.6) is 5.75 Å². The first-order valence-corrected chi connectivity index (χ1v) is 14.1. The first-order chi connectivity index (χ1) is 21.2. The molecule has 0 N–H and O–H groups in total. The van der Waals surface area contributed by atoms with E-state index < -0.39 is 44.9 Å². The van der Waals surface area contributed by atoms with E-state index in [4.69, 9.17) is 14.2 Å². The number of rotatable bonds is 8. The monoisotopic (exact) mass is 601 g/mol. The molecule has 3 aromatic carbocycles. The summed E-state index contributed by atoms with van der Waals surface area (Å²) in [4.78, 5) is 51.9. The number of benzene rings is 3. The summed E-state index contributed by atoms with van der Waals surface area (Å²) in [5, 5.41) is 11.8. The van der Waals surface area contributed by atoms with Gasteiger partial charge in [0.25, 0.3) is 0 Å². The number of nitro groups is 1. The molecular weight excluding hydrogens is 573 g/mol. The molecule has 1 aromatic heterocycles. The second-order valence-electron chi connectivity index (χ2n) is 10.7. The van der Waals surface area contributed by atoms with Gasteiger partial charge in [-0.3, -0.25) is 19.8 Å². The number of carbonyl (C=O) groups is 2. The summed E-state index contributed by atoms with van der Waals surface area (Å²) < 4.78 is 34.1. The molecule has 1 amide bonds. The predicted octanol–water partition coefficient (Wildman–Crippen LogP) is 5.89. The van der Waals surface area contributed by atoms with E-state index >= 15 is 4.39 Å². The summed E-state index contributed by atoms with van der Waals surface area (Å²) in [6, 6.07) is 14.1. The van der Waals surface area contributed by atoms with Crippen molar-refractivity contribution >= 4 is 28.7 Å². The Morgan fingerprint density at radius 2 is 1.80 bits per heavy atom. The van der Waals surface area contributed by atoms with E-state index in [1.807, 2.05) is 30.3 Å². The third-order valence-electron chi connectivity index (χ3n) is 7.84. The van der Waals surface area contributed by atoms with Crippen LogP contribution in [-0.4, -0.2) is 40.2 Å². The Morgan fingerprint density at radius 1 is 1.07 bits per heavy atom. The largest absolute Gasteiger partial charge is 0.494 e. The van der Waals surface area contributed by atoms with Crippen LogP contribution in [-0.2, 0) is 29.2 Å². The first-order valence-electron chi connectivity index (χ1n) is 14.1. The molecule has 6 rings (SSSR count). The molecule has 1 aliphatic heterocycles. The smallest absolute Gasteiger partial charge is 0.410 e. The molecule has 0 radical (unpaired) electrons. The maximum absolute atomic E-state index is 16.3. The molecule has 226 valence electrons. The van der Waals surface area contributed by atoms with E-state index in [-0.39, 0.29) is 54.7 Å². The fourth-order valence-corrected chi connectivity index (χ4v) is 5.64. The van der Waals surface area contributed by atoms with E-state index in [2.05, 4.69) is 0 Å². The lowest BCUT2D eigenvalue weighted by atomic mass is 9.95. The molecule has 44 heavy (non-hydrogen) atoms. The number of carbonyl (C=O) groups excluding carboxylic acids is 2. The van der Waals surface area contributed by atoms with Crippen LogP contribution in [0.4, 0.5) is 14.9 Å². The van der Waals surface area contributed by atoms with Crippen molar-refractivity contribution in [2.75, 3.05) is 13.7 Å². The fourth-order valence-electron chi connectivity index (χ4n) is 5.64. The molecular formula is C32H28FN3O8. The summed E-state index contributed by atoms with van der Waals surface area (Å²) >= 11 is 0. The number of nitrogens with zero attached hydrogens (tertiary/aromatic N) is 3. The van der Waals surface area contributed by atoms with Gasteiger partial charge in [0.2, 0.25) is 11.2 Å². The maximum Gasteiger partial charge on any atom is 0.410 e. The Balaban J connectivity index is 1.45. The molecule has 2 heterocycles. The number of ether oxygens (including phenoxy) is 3. The zero-order valence-electron chi connectivity index (χ0n) is 24.0. The lowest BCUT2D eigenvalue weighted by Crippen LogP contribution is -2.25. The molecule has 1 saturated carbocycles. The second-order valence-corrected chi connectivity index (χ2v) is 10.7. The number of fused-ring (bicyclic) bond motifs is 2. The van der Waals surface area contributed by atoms with Gasteiger partial charge in [-0.25, -0.2) is 9.59 Å². The lowest BCUT2D eigenvalue weighted by Gasteiger charge is -2.19. The van der Waals surface area contributed by atoms with Crippen molar-refractivity contribution in [3.8, 4) is 16.9 Å². The van der Waals surface area contributed by atoms with Crippen molar-refractivity contribution in [2.24, 2.45) is 0 Å². The highest BCUT2D eigenvalue weighted by atomic mass is 19.1. The third kappa shape index (κ3) is 5.01. The quantitative estimate of drug-likeness (QED) is 0.139. The number of esters is 1. The summed E-state index contributed by atoms with van der Waals surface area (Å²) in [7, 11) is 1.29. The molecule has 0 saturated heterocycles. The number of hydrogen-bond acceptors (Lipinski definition) is 8. The minimum atomic E-state index is -1.27. The van der Waals surface area contributed by atoms with Crippen molar-refractivity contribution < 1.29 is 33.1 Å². The van der Waals surface area contributed by atoms with E-state index in [9.17, 15) is 24.5 Å². The van der Waals surface area contributed by atoms with Gasteiger partial charge in [0.1, 0.15) is 23.1 Å². The Labute approximate surface area is 250 Å². The van der Waals surface area contributed by atoms with Crippen molar-refractivity contribution in [2.45, 2.75) is 45.5 Å². The summed E-state index contributed by atoms with van der Waals surface area (Å²) in [5.74, 6) is -2.28. The average Bonchev–Trinajstić information content (AvgIpc) is 3.77. The van der Waals surface area contributed by atoms with E-state index in [0.717, 1.165) is 11.1 Å². The van der Waals surface area contributed by atoms with Gasteiger partial charge in [0.05, 0.1) is 24.2 Å². The highest BCUT2D eigenvalue weighted by Gasteiger charge is 2.37. The normalized spacial score (nSPS) is 13.9. The van der Waals surface area contributed by atoms with E-state index in [0.29, 0.717) is 18.4 Å². The molecule has 2 aliphatic rings. The van der Waals surface area contributed by atoms with Gasteiger partial charge in [-0.05, 0) is 48.1 Å². The molecule has 0 spiro atoms. The maximum atomic E-state index is 16.3. The van der Waals surface area contributed by atoms with Crippen molar-refractivity contribution in [1.29, 1.82) is 0 Å². The molecule has 12 heteroatoms. The first kappa shape index (κ1) is 28.8. The molecule has 4 aromatic rings. The SMILES string of the molecule is CCOC(=O)c1cn(C2CC2)c2c(OC)c(-c3ccc4c(c3)CN(C(=O)OCc3ccccc3)C4)c(F)c([N+](=O)[O-])c2c1=O. The zero-order chi connectivity index (χ0) is 31.1. The molecule has 0 unspecified atom stereocenters. The standard InChI is InChI=1S/C32H28FN3O8/c1-3-43-31(38)23-16-35(22-11-12-22)28-25(29(23)37)27(36(40)41)26(33)24(30(28)42-2)19-9-10-20-14-34(15-21(20)13-19)32(39)44-17-18-7-5-4-6-8-18/h4-10,13,16,22H,3,11-12,14-15,17H2,1-2H3. The number of halogens is 1. The van der Waals surface area contributed by atoms with Gasteiger partial charge >= 0.3 is 17.7 Å². The van der Waals surface area contributed by atoms with Crippen LogP contribution in [0.1, 0.15) is 52.9 Å². The minimum Gasteiger partial charge on any atom is -0.494 e. The number of aromatic nitrogens is 1. The van der Waals surface area contributed by atoms with Crippen LogP contribution >= 0.6 is 0 Å². The van der Waals surface area contributed by atoms with Crippen LogP contribution in [0, 0.1) is 15.9 Å². The molecule has 0 atom stereocenters. The number of hydrogen-bond donors (Lipinski definition) is 0. The summed E-state index contributed by atoms with van der Waals surface area (Å²) in [6.07, 6.45) is 2.19. The third-order valence-corrected chi connectivity index (χ3v) is 7.84. The van der Waals surface area contributed by atoms with Crippen LogP contribution in [0.15, 0.2) is 59.5 Å². The average molecular weight is 602 g/mol. The minimum absolute atomic E-state index is 0.0149. The zero-order valence-corrected chi connectivity index (χ0v) is 24.0. The topological polar surface area (TPSA) is 130 Å². The second kappa shape index (κ2) is 11.4. The van der Waals surface area contributed by atoms with Crippen LogP contribution in [0.3, 0.4) is 0 Å². The van der Waals surface area contributed by atoms with E-state index in [1.54, 1.807) is 29.7 Å². The van der Waals surface area contributed by atoms with Crippen molar-refractivity contribution in [3.05, 3.63) is 103 Å². The number of nitro benzene ring substituents is 1. The molecule has 1 fully saturated rings. The Bertz CT molecular complexity index is 1880. The summed E-state index contributed by atoms with van der Waals surface area (Å²) in [6.45, 7) is 2.13. The molecule has 11 nitrogen and oxygen atoms in total. The highest BCUT2D eigenvalue weighted by Crippen LogP contribution is 2.47. The lowest BCUT2D eigenvalue weighted by molar-refractivity contribution is -0.385. The predicted molar refractivity (Wildman–Crippen MR) is 157 cm³/mol. The molecule has 0 bridgehead atoms. The van der Waals surface area contributed by atoms with Crippen LogP contribution < -0.4 is 10.2 Å². The highest BCUT2D eigenvalue weighted by molar-refractivity contribution is 6.03. The van der Waals surface area contributed by atoms with Crippen molar-refractivity contribution in [3.63, 3.8) is 0 Å². The Morgan fingerprint density at radius 3 is 2.45 bits per heavy atom. The van der Waals surface area contributed by atoms with Gasteiger partial charge in [0, 0.05) is 25.3 Å². The van der Waals surface area contributed by atoms with Crippen molar-refractivity contribution in [1.82, 2.24) is 9.47 Å². The number of pyridine rings is 1. The van der Waals surface area contributed by atoms with Crippen LogP contribution in [0.25, 0.3) is 22.0 Å². The Kier molecular flexibility index (Phi) is 7.50. The number of methoxy groups -OCH3 is 1. The van der Waals surface area contributed by atoms with Crippen LogP contribution in [0.2, 0.25) is 0 Å². The number of amides is 1. The van der Waals surface area contributed by atoms with Gasteiger partial charge in [-0.15, -0.1) is 0 Å². The molecule has 1 aliphatic carbocycles. The van der Waals surface area contributed by atoms with Gasteiger partial charge in [-0.1, -0.05) is 42.5 Å². The van der Waals surface area contributed by atoms with E-state index in [1.165, 1.54) is 18.2 Å².